The maximum absolute atomic E-state index is 2.23. The molecule has 0 nitrogen and oxygen atoms in total. The normalized spacial score (nSPS) is 3.88. The van der Waals surface area contributed by atoms with Crippen LogP contribution in [-0.4, -0.2) is 0 Å². The number of rotatable bonds is 3. The fourth-order valence-corrected chi connectivity index (χ4v) is 0.500. The molecule has 0 aromatic heterocycles. The van der Waals surface area contributed by atoms with E-state index in [9.17, 15) is 0 Å². The standard InChI is InChI=1S/C6H14.2C2H6.2CH3.U.4Y/c1-3-5-6-4-2;2*1-2;;;;;;;/h3-6H2,1-2H3;2*1-2H3;2*1H3;;;;;/q;;;2*-1;;;;;. The molecule has 5 heteroatoms. The van der Waals surface area contributed by atoms with Crippen LogP contribution in [0, 0.1) is 46.0 Å². The van der Waals surface area contributed by atoms with Gasteiger partial charge in [-0.2, -0.15) is 0 Å². The second kappa shape index (κ2) is 100. The molecule has 0 N–H and O–H groups in total. The molecule has 17 heavy (non-hydrogen) atoms. The van der Waals surface area contributed by atoms with E-state index < -0.39 is 0 Å². The second-order valence-corrected chi connectivity index (χ2v) is 1.71. The van der Waals surface area contributed by atoms with Crippen molar-refractivity contribution < 1.29 is 162 Å². The first kappa shape index (κ1) is 66.6. The summed E-state index contributed by atoms with van der Waals surface area (Å²) in [5, 5.41) is 0. The number of hydrogen-bond donors (Lipinski definition) is 0. The predicted molar refractivity (Wildman–Crippen MR) is 65.3 cm³/mol. The molecule has 0 saturated heterocycles. The third kappa shape index (κ3) is 113. The van der Waals surface area contributed by atoms with Crippen molar-refractivity contribution in [1.82, 2.24) is 0 Å². The van der Waals surface area contributed by atoms with Crippen LogP contribution < -0.4 is 0 Å². The first-order chi connectivity index (χ1) is 4.91. The third-order valence-electron chi connectivity index (χ3n) is 0.957. The van der Waals surface area contributed by atoms with Crippen molar-refractivity contribution in [3.8, 4) is 0 Å². The fourth-order valence-electron chi connectivity index (χ4n) is 0.500. The van der Waals surface area contributed by atoms with Gasteiger partial charge < -0.3 is 14.9 Å². The molecule has 0 aromatic carbocycles. The molecule has 0 spiro atoms. The SMILES string of the molecule is CC.CC.CCCCCC.[CH3-].[CH3-].[U].[Y].[Y].[Y].[Y]. The smallest absolute Gasteiger partial charge is 0 e. The molecule has 0 amide bonds. The molecule has 0 aliphatic heterocycles. The van der Waals surface area contributed by atoms with Crippen molar-refractivity contribution >= 4 is 0 Å². The molecule has 0 saturated carbocycles. The predicted octanol–water partition coefficient (Wildman–Crippen LogP) is 5.53. The van der Waals surface area contributed by atoms with Gasteiger partial charge in [-0.3, -0.25) is 0 Å². The average molecular weight is 770 g/mol. The molecule has 0 aliphatic carbocycles. The van der Waals surface area contributed by atoms with Crippen LogP contribution in [0.5, 0.6) is 0 Å². The summed E-state index contributed by atoms with van der Waals surface area (Å²) in [7, 11) is 0. The van der Waals surface area contributed by atoms with Gasteiger partial charge in [-0.25, -0.2) is 0 Å². The Morgan fingerprint density at radius 3 is 0.706 bits per heavy atom. The zero-order valence-electron chi connectivity index (χ0n) is 13.6. The minimum atomic E-state index is 0. The van der Waals surface area contributed by atoms with Crippen LogP contribution >= 0.6 is 0 Å². The molecule has 0 aliphatic rings. The third-order valence-corrected chi connectivity index (χ3v) is 0.957. The van der Waals surface area contributed by atoms with Crippen molar-refractivity contribution in [3.63, 3.8) is 0 Å². The Kier molecular flexibility index (Phi) is 393. The van der Waals surface area contributed by atoms with Crippen molar-refractivity contribution in [2.75, 3.05) is 0 Å². The summed E-state index contributed by atoms with van der Waals surface area (Å²) in [5.41, 5.74) is 0. The van der Waals surface area contributed by atoms with Crippen LogP contribution in [0.15, 0.2) is 0 Å². The molecule has 98 valence electrons. The monoisotopic (exact) mass is 770 g/mol. The zero-order chi connectivity index (χ0) is 8.83. The summed E-state index contributed by atoms with van der Waals surface area (Å²) in [5.74, 6) is 0. The maximum Gasteiger partial charge on any atom is 0 e. The van der Waals surface area contributed by atoms with Crippen LogP contribution in [-0.2, 0) is 131 Å². The van der Waals surface area contributed by atoms with Gasteiger partial charge in [-0.15, -0.1) is 0 Å². The van der Waals surface area contributed by atoms with E-state index >= 15 is 0 Å². The second-order valence-electron chi connectivity index (χ2n) is 1.71. The van der Waals surface area contributed by atoms with Crippen LogP contribution in [0.3, 0.4) is 0 Å². The van der Waals surface area contributed by atoms with Gasteiger partial charge in [-0.1, -0.05) is 67.2 Å². The number of hydrogen-bond acceptors (Lipinski definition) is 0. The minimum Gasteiger partial charge on any atom is -0.358 e. The van der Waals surface area contributed by atoms with E-state index in [4.69, 9.17) is 0 Å². The molecule has 0 rings (SSSR count). The van der Waals surface area contributed by atoms with Crippen molar-refractivity contribution in [2.45, 2.75) is 67.2 Å². The molecular weight excluding hydrogens is 738 g/mol. The van der Waals surface area contributed by atoms with E-state index in [0.717, 1.165) is 0 Å². The summed E-state index contributed by atoms with van der Waals surface area (Å²) >= 11 is 0. The van der Waals surface area contributed by atoms with Gasteiger partial charge in [0.1, 0.15) is 0 Å². The van der Waals surface area contributed by atoms with Gasteiger partial charge in [0.2, 0.25) is 0 Å². The largest absolute Gasteiger partial charge is 0.358 e. The van der Waals surface area contributed by atoms with Gasteiger partial charge >= 0.3 is 0 Å². The molecule has 0 aromatic rings. The molecule has 0 bridgehead atoms. The summed E-state index contributed by atoms with van der Waals surface area (Å²) < 4.78 is 0. The molecule has 4 radical (unpaired) electrons. The Morgan fingerprint density at radius 1 is 0.529 bits per heavy atom. The Morgan fingerprint density at radius 2 is 0.647 bits per heavy atom. The fraction of sp³-hybridized carbons (Fsp3) is 0.833. The van der Waals surface area contributed by atoms with Gasteiger partial charge in [0, 0.05) is 162 Å². The van der Waals surface area contributed by atoms with Crippen LogP contribution in [0.25, 0.3) is 0 Å². The van der Waals surface area contributed by atoms with Gasteiger partial charge in [0.05, 0.1) is 0 Å². The van der Waals surface area contributed by atoms with Crippen molar-refractivity contribution in [1.29, 1.82) is 0 Å². The van der Waals surface area contributed by atoms with Crippen LogP contribution in [0.2, 0.25) is 0 Å². The van der Waals surface area contributed by atoms with Gasteiger partial charge in [0.25, 0.3) is 0 Å². The first-order valence-corrected chi connectivity index (χ1v) is 4.91. The minimum absolute atomic E-state index is 0. The zero-order valence-corrected chi connectivity index (χ0v) is 29.2. The summed E-state index contributed by atoms with van der Waals surface area (Å²) in [4.78, 5) is 0. The van der Waals surface area contributed by atoms with Gasteiger partial charge in [0.15, 0.2) is 0 Å². The Labute approximate surface area is 238 Å². The van der Waals surface area contributed by atoms with Crippen molar-refractivity contribution in [3.05, 3.63) is 14.9 Å². The summed E-state index contributed by atoms with van der Waals surface area (Å²) in [6.45, 7) is 12.5. The maximum atomic E-state index is 2.23. The topological polar surface area (TPSA) is 0 Å². The summed E-state index contributed by atoms with van der Waals surface area (Å²) in [6.07, 6.45) is 5.54. The molecule has 0 fully saturated rings. The van der Waals surface area contributed by atoms with E-state index in [-0.39, 0.29) is 177 Å². The van der Waals surface area contributed by atoms with Crippen LogP contribution in [0.4, 0.5) is 0 Å². The molecule has 0 heterocycles. The Balaban J connectivity index is -0.00000000514. The quantitative estimate of drug-likeness (QED) is 0.262. The van der Waals surface area contributed by atoms with E-state index in [2.05, 4.69) is 13.8 Å². The average Bonchev–Trinajstić information content (AvgIpc) is 2.08. The molecule has 0 unspecified atom stereocenters. The van der Waals surface area contributed by atoms with E-state index in [1.54, 1.807) is 0 Å². The Hall–Kier alpha value is 5.47. The molecule has 0 atom stereocenters. The first-order valence-electron chi connectivity index (χ1n) is 4.91. The van der Waals surface area contributed by atoms with E-state index in [1.807, 2.05) is 27.7 Å². The Bertz CT molecular complexity index is 30.5. The summed E-state index contributed by atoms with van der Waals surface area (Å²) in [6, 6.07) is 0. The van der Waals surface area contributed by atoms with Crippen molar-refractivity contribution in [2.24, 2.45) is 0 Å². The number of unbranched alkanes of at least 4 members (excludes halogenated alkanes) is 3. The van der Waals surface area contributed by atoms with E-state index in [1.165, 1.54) is 25.7 Å². The van der Waals surface area contributed by atoms with Crippen LogP contribution in [0.1, 0.15) is 67.2 Å². The van der Waals surface area contributed by atoms with E-state index in [0.29, 0.717) is 0 Å². The molecular formula is C12H32UY4-2. The van der Waals surface area contributed by atoms with Gasteiger partial charge in [-0.05, 0) is 0 Å².